The summed E-state index contributed by atoms with van der Waals surface area (Å²) >= 11 is 3.63. The molecule has 0 saturated heterocycles. The smallest absolute Gasteiger partial charge is 0.0998 e. The van der Waals surface area contributed by atoms with E-state index in [1.165, 1.54) is 45.9 Å². The van der Waals surface area contributed by atoms with Gasteiger partial charge >= 0.3 is 0 Å². The molecular formula is C38H20N2S2. The first-order valence-corrected chi connectivity index (χ1v) is 15.3. The van der Waals surface area contributed by atoms with E-state index in [-0.39, 0.29) is 0 Å². The van der Waals surface area contributed by atoms with Gasteiger partial charge in [-0.3, -0.25) is 0 Å². The molecule has 2 nitrogen and oxygen atoms in total. The highest BCUT2D eigenvalue weighted by Gasteiger charge is 2.16. The van der Waals surface area contributed by atoms with Crippen LogP contribution in [0.4, 0.5) is 0 Å². The molecule has 194 valence electrons. The van der Waals surface area contributed by atoms with Crippen molar-refractivity contribution in [3.63, 3.8) is 0 Å². The lowest BCUT2D eigenvalue weighted by Gasteiger charge is -2.14. The minimum absolute atomic E-state index is 0.482. The highest BCUT2D eigenvalue weighted by molar-refractivity contribution is 7.26. The number of hydrogen-bond acceptors (Lipinski definition) is 4. The molecule has 0 bridgehead atoms. The van der Waals surface area contributed by atoms with E-state index in [1.54, 1.807) is 12.1 Å². The molecule has 0 aliphatic rings. The Morgan fingerprint density at radius 3 is 1.90 bits per heavy atom. The molecule has 2 heterocycles. The lowest BCUT2D eigenvalue weighted by Crippen LogP contribution is -1.90. The first-order chi connectivity index (χ1) is 20.7. The van der Waals surface area contributed by atoms with Gasteiger partial charge in [0.2, 0.25) is 0 Å². The van der Waals surface area contributed by atoms with Crippen molar-refractivity contribution in [1.29, 1.82) is 10.5 Å². The molecule has 4 heteroatoms. The van der Waals surface area contributed by atoms with Crippen molar-refractivity contribution in [3.8, 4) is 45.5 Å². The monoisotopic (exact) mass is 568 g/mol. The minimum atomic E-state index is 0.482. The molecule has 0 fully saturated rings. The number of thiophene rings is 2. The third-order valence-corrected chi connectivity index (χ3v) is 10.2. The molecule has 0 atom stereocenters. The standard InChI is InChI=1S/C38H20N2S2/c39-21-23-12-14-29(28(16-23)22-40)26-17-25(24-13-15-36-33(20-24)31-6-1-3-9-34(31)41-36)18-27(19-26)30-8-5-11-37-38(30)32-7-2-4-10-35(32)42-37/h1-20H. The normalized spacial score (nSPS) is 11.3. The van der Waals surface area contributed by atoms with Gasteiger partial charge in [0.25, 0.3) is 0 Å². The number of hydrogen-bond donors (Lipinski definition) is 0. The van der Waals surface area contributed by atoms with Crippen molar-refractivity contribution in [2.24, 2.45) is 0 Å². The highest BCUT2D eigenvalue weighted by Crippen LogP contribution is 2.43. The average Bonchev–Trinajstić information content (AvgIpc) is 3.62. The van der Waals surface area contributed by atoms with Crippen LogP contribution >= 0.6 is 22.7 Å². The second kappa shape index (κ2) is 9.68. The van der Waals surface area contributed by atoms with Crippen molar-refractivity contribution in [2.45, 2.75) is 0 Å². The predicted octanol–water partition coefficient (Wildman–Crippen LogP) is 11.2. The molecule has 0 aliphatic heterocycles. The SMILES string of the molecule is N#Cc1ccc(-c2cc(-c3ccc4sc5ccccc5c4c3)cc(-c3cccc4sc5ccccc5c34)c2)c(C#N)c1. The zero-order valence-corrected chi connectivity index (χ0v) is 23.9. The number of nitrogens with zero attached hydrogens (tertiary/aromatic N) is 2. The fourth-order valence-electron chi connectivity index (χ4n) is 5.98. The maximum absolute atomic E-state index is 10.0. The summed E-state index contributed by atoms with van der Waals surface area (Å²) in [6.45, 7) is 0. The Morgan fingerprint density at radius 1 is 0.429 bits per heavy atom. The first kappa shape index (κ1) is 24.5. The van der Waals surface area contributed by atoms with Crippen LogP contribution in [0.5, 0.6) is 0 Å². The quantitative estimate of drug-likeness (QED) is 0.213. The van der Waals surface area contributed by atoms with Gasteiger partial charge in [0.15, 0.2) is 0 Å². The van der Waals surface area contributed by atoms with Crippen LogP contribution < -0.4 is 0 Å². The average molecular weight is 569 g/mol. The molecule has 8 rings (SSSR count). The van der Waals surface area contributed by atoms with E-state index >= 15 is 0 Å². The van der Waals surface area contributed by atoms with E-state index in [4.69, 9.17) is 0 Å². The van der Waals surface area contributed by atoms with Crippen LogP contribution in [0.2, 0.25) is 0 Å². The summed E-state index contributed by atoms with van der Waals surface area (Å²) in [6.07, 6.45) is 0. The van der Waals surface area contributed by atoms with Gasteiger partial charge in [-0.05, 0) is 94.0 Å². The Hall–Kier alpha value is -5.26. The van der Waals surface area contributed by atoms with E-state index in [0.717, 1.165) is 27.8 Å². The topological polar surface area (TPSA) is 47.6 Å². The van der Waals surface area contributed by atoms with E-state index in [0.29, 0.717) is 11.1 Å². The Morgan fingerprint density at radius 2 is 1.10 bits per heavy atom. The number of rotatable bonds is 3. The summed E-state index contributed by atoms with van der Waals surface area (Å²) in [6, 6.07) is 46.9. The summed E-state index contributed by atoms with van der Waals surface area (Å²) < 4.78 is 5.07. The zero-order chi connectivity index (χ0) is 28.2. The van der Waals surface area contributed by atoms with E-state index < -0.39 is 0 Å². The maximum atomic E-state index is 10.0. The fourth-order valence-corrected chi connectivity index (χ4v) is 8.20. The Balaban J connectivity index is 1.42. The van der Waals surface area contributed by atoms with Crippen molar-refractivity contribution in [1.82, 2.24) is 0 Å². The number of benzene rings is 6. The van der Waals surface area contributed by atoms with E-state index in [1.807, 2.05) is 28.7 Å². The van der Waals surface area contributed by atoms with Crippen molar-refractivity contribution in [3.05, 3.63) is 132 Å². The summed E-state index contributed by atoms with van der Waals surface area (Å²) in [4.78, 5) is 0. The molecule has 0 N–H and O–H groups in total. The molecule has 0 radical (unpaired) electrons. The molecule has 8 aromatic rings. The second-order valence-corrected chi connectivity index (χ2v) is 12.5. The van der Waals surface area contributed by atoms with Gasteiger partial charge in [-0.1, -0.05) is 60.7 Å². The lowest BCUT2D eigenvalue weighted by molar-refractivity contribution is 1.44. The van der Waals surface area contributed by atoms with Crippen LogP contribution in [0.15, 0.2) is 121 Å². The summed E-state index contributed by atoms with van der Waals surface area (Å²) in [5, 5.41) is 24.5. The lowest BCUT2D eigenvalue weighted by atomic mass is 9.90. The third-order valence-electron chi connectivity index (χ3n) is 7.94. The largest absolute Gasteiger partial charge is 0.192 e. The number of fused-ring (bicyclic) bond motifs is 6. The van der Waals surface area contributed by atoms with Gasteiger partial charge < -0.3 is 0 Å². The van der Waals surface area contributed by atoms with Gasteiger partial charge in [0, 0.05) is 40.3 Å². The van der Waals surface area contributed by atoms with Crippen LogP contribution in [0.25, 0.3) is 73.7 Å². The van der Waals surface area contributed by atoms with Gasteiger partial charge in [-0.25, -0.2) is 0 Å². The van der Waals surface area contributed by atoms with Crippen LogP contribution in [-0.4, -0.2) is 0 Å². The molecule has 0 unspecified atom stereocenters. The van der Waals surface area contributed by atoms with Gasteiger partial charge in [0.05, 0.1) is 23.3 Å². The van der Waals surface area contributed by atoms with Gasteiger partial charge in [-0.15, -0.1) is 22.7 Å². The van der Waals surface area contributed by atoms with Gasteiger partial charge in [0.1, 0.15) is 0 Å². The maximum Gasteiger partial charge on any atom is 0.0998 e. The summed E-state index contributed by atoms with van der Waals surface area (Å²) in [7, 11) is 0. The molecule has 0 spiro atoms. The Kier molecular flexibility index (Phi) is 5.66. The highest BCUT2D eigenvalue weighted by atomic mass is 32.1. The van der Waals surface area contributed by atoms with Crippen molar-refractivity contribution >= 4 is 63.0 Å². The molecule has 0 aliphatic carbocycles. The zero-order valence-electron chi connectivity index (χ0n) is 22.3. The second-order valence-electron chi connectivity index (χ2n) is 10.4. The van der Waals surface area contributed by atoms with Crippen LogP contribution in [0, 0.1) is 22.7 Å². The van der Waals surface area contributed by atoms with Crippen LogP contribution in [0.3, 0.4) is 0 Å². The molecule has 6 aromatic carbocycles. The van der Waals surface area contributed by atoms with E-state index in [2.05, 4.69) is 115 Å². The molecular weight excluding hydrogens is 549 g/mol. The van der Waals surface area contributed by atoms with Crippen LogP contribution in [0.1, 0.15) is 11.1 Å². The molecule has 0 saturated carbocycles. The van der Waals surface area contributed by atoms with Crippen molar-refractivity contribution in [2.75, 3.05) is 0 Å². The Bertz CT molecular complexity index is 2450. The van der Waals surface area contributed by atoms with Crippen molar-refractivity contribution < 1.29 is 0 Å². The molecule has 42 heavy (non-hydrogen) atoms. The first-order valence-electron chi connectivity index (χ1n) is 13.6. The summed E-state index contributed by atoms with van der Waals surface area (Å²) in [5.74, 6) is 0. The minimum Gasteiger partial charge on any atom is -0.192 e. The number of nitriles is 2. The van der Waals surface area contributed by atoms with E-state index in [9.17, 15) is 10.5 Å². The fraction of sp³-hybridized carbons (Fsp3) is 0. The van der Waals surface area contributed by atoms with Crippen LogP contribution in [-0.2, 0) is 0 Å². The Labute approximate surface area is 250 Å². The summed E-state index contributed by atoms with van der Waals surface area (Å²) in [5.41, 5.74) is 7.24. The molecule has 0 amide bonds. The van der Waals surface area contributed by atoms with Gasteiger partial charge in [-0.2, -0.15) is 10.5 Å². The third kappa shape index (κ3) is 3.90. The predicted molar refractivity (Wildman–Crippen MR) is 178 cm³/mol. The molecule has 2 aromatic heterocycles.